The monoisotopic (exact) mass is 547 g/mol. The molecule has 1 fully saturated rings. The highest BCUT2D eigenvalue weighted by atomic mass is 19.2. The first-order valence-electron chi connectivity index (χ1n) is 13.4. The van der Waals surface area contributed by atoms with Crippen molar-refractivity contribution in [2.75, 3.05) is 6.61 Å². The quantitative estimate of drug-likeness (QED) is 0.281. The van der Waals surface area contributed by atoms with E-state index >= 15 is 0 Å². The molecule has 1 aliphatic carbocycles. The molecule has 6 rings (SSSR count). The van der Waals surface area contributed by atoms with Gasteiger partial charge in [-0.15, -0.1) is 0 Å². The minimum absolute atomic E-state index is 0.292. The highest BCUT2D eigenvalue weighted by molar-refractivity contribution is 5.94. The molecular formula is C32H31F2NO5. The molecule has 0 saturated heterocycles. The predicted molar refractivity (Wildman–Crippen MR) is 146 cm³/mol. The lowest BCUT2D eigenvalue weighted by molar-refractivity contribution is -0.209. The number of nitrogens with zero attached hydrogens (tertiary/aromatic N) is 1. The number of aromatic nitrogens is 1. The van der Waals surface area contributed by atoms with E-state index in [1.807, 2.05) is 53.1 Å². The second-order valence-electron chi connectivity index (χ2n) is 11.4. The number of carboxylic acids is 1. The fourth-order valence-electron chi connectivity index (χ4n) is 6.04. The van der Waals surface area contributed by atoms with Crippen molar-refractivity contribution in [3.63, 3.8) is 0 Å². The Balaban J connectivity index is 1.54. The Kier molecular flexibility index (Phi) is 6.43. The van der Waals surface area contributed by atoms with Gasteiger partial charge < -0.3 is 23.9 Å². The molecule has 1 aliphatic heterocycles. The molecule has 2 heterocycles. The van der Waals surface area contributed by atoms with Gasteiger partial charge in [-0.2, -0.15) is 0 Å². The van der Waals surface area contributed by atoms with E-state index in [9.17, 15) is 18.7 Å². The topological polar surface area (TPSA) is 69.9 Å². The van der Waals surface area contributed by atoms with Crippen LogP contribution in [0.3, 0.4) is 0 Å². The van der Waals surface area contributed by atoms with Crippen LogP contribution in [0.4, 0.5) is 8.78 Å². The maximum Gasteiger partial charge on any atom is 0.332 e. The fourth-order valence-corrected chi connectivity index (χ4v) is 6.04. The van der Waals surface area contributed by atoms with Crippen molar-refractivity contribution < 1.29 is 32.9 Å². The first kappa shape index (κ1) is 26.5. The van der Waals surface area contributed by atoms with Crippen LogP contribution in [-0.2, 0) is 31.9 Å². The summed E-state index contributed by atoms with van der Waals surface area (Å²) < 4.78 is 49.3. The Morgan fingerprint density at radius 3 is 2.52 bits per heavy atom. The predicted octanol–water partition coefficient (Wildman–Crippen LogP) is 6.64. The highest BCUT2D eigenvalue weighted by Gasteiger charge is 2.56. The third-order valence-electron chi connectivity index (χ3n) is 8.02. The molecule has 1 saturated carbocycles. The van der Waals surface area contributed by atoms with E-state index in [2.05, 4.69) is 13.8 Å². The van der Waals surface area contributed by atoms with Crippen LogP contribution < -0.4 is 4.74 Å². The molecule has 3 aromatic carbocycles. The van der Waals surface area contributed by atoms with Crippen molar-refractivity contribution in [3.8, 4) is 11.4 Å². The first-order valence-corrected chi connectivity index (χ1v) is 13.4. The van der Waals surface area contributed by atoms with E-state index in [0.29, 0.717) is 37.5 Å². The van der Waals surface area contributed by atoms with Crippen LogP contribution in [0.1, 0.15) is 50.4 Å². The van der Waals surface area contributed by atoms with Crippen molar-refractivity contribution in [2.45, 2.75) is 63.4 Å². The number of hydrogen-bond donors (Lipinski definition) is 1. The molecular weight excluding hydrogens is 516 g/mol. The average molecular weight is 548 g/mol. The Labute approximate surface area is 231 Å². The molecule has 0 amide bonds. The van der Waals surface area contributed by atoms with E-state index in [1.54, 1.807) is 6.07 Å². The third-order valence-corrected chi connectivity index (χ3v) is 8.02. The van der Waals surface area contributed by atoms with Gasteiger partial charge in [-0.3, -0.25) is 0 Å². The summed E-state index contributed by atoms with van der Waals surface area (Å²) in [5.41, 5.74) is 2.95. The van der Waals surface area contributed by atoms with Crippen molar-refractivity contribution in [2.24, 2.45) is 0 Å². The van der Waals surface area contributed by atoms with Gasteiger partial charge >= 0.3 is 5.97 Å². The zero-order valence-electron chi connectivity index (χ0n) is 22.6. The summed E-state index contributed by atoms with van der Waals surface area (Å²) in [7, 11) is 0. The van der Waals surface area contributed by atoms with E-state index in [4.69, 9.17) is 14.2 Å². The lowest BCUT2D eigenvalue weighted by atomic mass is 9.66. The number of ether oxygens (including phenoxy) is 3. The number of benzene rings is 3. The zero-order valence-corrected chi connectivity index (χ0v) is 22.6. The number of aliphatic carboxylic acids is 1. The number of hydrogen-bond acceptors (Lipinski definition) is 4. The number of carbonyl (C=O) groups is 1. The van der Waals surface area contributed by atoms with Gasteiger partial charge in [0.1, 0.15) is 18.0 Å². The molecule has 0 bridgehead atoms. The van der Waals surface area contributed by atoms with E-state index in [1.165, 1.54) is 13.0 Å². The Morgan fingerprint density at radius 2 is 1.82 bits per heavy atom. The number of halogens is 2. The SMILES string of the molecule is CC(OC1CC2(C1)OCC(C)(C)c1c2c2c(OCc3ccccc3)cccc2n1-c1ccc(F)c(F)c1)C(=O)O. The van der Waals surface area contributed by atoms with Gasteiger partial charge in [0.05, 0.1) is 18.2 Å². The smallest absolute Gasteiger partial charge is 0.332 e. The van der Waals surface area contributed by atoms with Gasteiger partial charge in [0.25, 0.3) is 0 Å². The standard InChI is InChI=1S/C32H31F2NO5/c1-19(30(36)37)40-22-15-32(16-22)28-27-25(10-7-11-26(27)38-17-20-8-5-4-6-9-20)35(29(28)31(2,3)18-39-32)21-12-13-23(33)24(34)14-21/h4-14,19,22H,15-18H2,1-3H3,(H,36,37). The summed E-state index contributed by atoms with van der Waals surface area (Å²) in [5.74, 6) is -2.20. The highest BCUT2D eigenvalue weighted by Crippen LogP contribution is 2.58. The van der Waals surface area contributed by atoms with Gasteiger partial charge in [-0.1, -0.05) is 50.2 Å². The molecule has 208 valence electrons. The van der Waals surface area contributed by atoms with E-state index < -0.39 is 34.7 Å². The second-order valence-corrected chi connectivity index (χ2v) is 11.4. The summed E-state index contributed by atoms with van der Waals surface area (Å²) in [6, 6.07) is 19.5. The Bertz CT molecular complexity index is 1590. The Morgan fingerprint density at radius 1 is 1.07 bits per heavy atom. The van der Waals surface area contributed by atoms with Crippen LogP contribution in [0.2, 0.25) is 0 Å². The van der Waals surface area contributed by atoms with Crippen LogP contribution in [0.5, 0.6) is 5.75 Å². The van der Waals surface area contributed by atoms with Gasteiger partial charge in [0.15, 0.2) is 17.7 Å². The molecule has 2 aliphatic rings. The van der Waals surface area contributed by atoms with Crippen LogP contribution in [-0.4, -0.2) is 34.5 Å². The molecule has 8 heteroatoms. The van der Waals surface area contributed by atoms with Crippen molar-refractivity contribution in [1.29, 1.82) is 0 Å². The average Bonchev–Trinajstić information content (AvgIpc) is 3.28. The molecule has 1 aromatic heterocycles. The molecule has 1 atom stereocenters. The lowest BCUT2D eigenvalue weighted by Crippen LogP contribution is -2.54. The summed E-state index contributed by atoms with van der Waals surface area (Å²) in [4.78, 5) is 11.4. The normalized spacial score (nSPS) is 22.1. The molecule has 40 heavy (non-hydrogen) atoms. The van der Waals surface area contributed by atoms with E-state index in [0.717, 1.165) is 33.8 Å². The molecule has 0 radical (unpaired) electrons. The van der Waals surface area contributed by atoms with Crippen molar-refractivity contribution in [1.82, 2.24) is 4.57 Å². The maximum atomic E-state index is 14.5. The minimum atomic E-state index is -1.01. The molecule has 1 unspecified atom stereocenters. The van der Waals surface area contributed by atoms with Gasteiger partial charge in [0, 0.05) is 46.7 Å². The molecule has 6 nitrogen and oxygen atoms in total. The van der Waals surface area contributed by atoms with Gasteiger partial charge in [-0.05, 0) is 36.8 Å². The van der Waals surface area contributed by atoms with Gasteiger partial charge in [0.2, 0.25) is 0 Å². The van der Waals surface area contributed by atoms with Crippen LogP contribution in [0, 0.1) is 11.6 Å². The summed E-state index contributed by atoms with van der Waals surface area (Å²) in [6.07, 6.45) is -0.288. The van der Waals surface area contributed by atoms with Crippen LogP contribution >= 0.6 is 0 Å². The number of fused-ring (bicyclic) bond motifs is 4. The Hall–Kier alpha value is -3.75. The van der Waals surface area contributed by atoms with Crippen LogP contribution in [0.15, 0.2) is 66.7 Å². The summed E-state index contributed by atoms with van der Waals surface area (Å²) >= 11 is 0. The lowest BCUT2D eigenvalue weighted by Gasteiger charge is -2.53. The number of carboxylic acid groups (broad SMARTS) is 1. The largest absolute Gasteiger partial charge is 0.488 e. The molecule has 1 spiro atoms. The summed E-state index contributed by atoms with van der Waals surface area (Å²) in [5, 5.41) is 10.2. The second kappa shape index (κ2) is 9.71. The van der Waals surface area contributed by atoms with E-state index in [-0.39, 0.29) is 6.10 Å². The summed E-state index contributed by atoms with van der Waals surface area (Å²) in [6.45, 7) is 6.40. The number of rotatable bonds is 7. The zero-order chi connectivity index (χ0) is 28.2. The van der Waals surface area contributed by atoms with Crippen molar-refractivity contribution in [3.05, 3.63) is 95.2 Å². The maximum absolute atomic E-state index is 14.5. The van der Waals surface area contributed by atoms with Crippen LogP contribution in [0.25, 0.3) is 16.6 Å². The molecule has 1 N–H and O–H groups in total. The first-order chi connectivity index (χ1) is 19.1. The van der Waals surface area contributed by atoms with Gasteiger partial charge in [-0.25, -0.2) is 13.6 Å². The fraction of sp³-hybridized carbons (Fsp3) is 0.344. The van der Waals surface area contributed by atoms with Crippen molar-refractivity contribution >= 4 is 16.9 Å². The minimum Gasteiger partial charge on any atom is -0.488 e. The third kappa shape index (κ3) is 4.35. The molecule has 4 aromatic rings.